The van der Waals surface area contributed by atoms with Crippen LogP contribution in [0.4, 0.5) is 0 Å². The molecule has 1 aromatic rings. The Kier molecular flexibility index (Phi) is 10.6. The Hall–Kier alpha value is -1.26. The number of aliphatic hydroxyl groups is 2. The SMILES string of the molecule is CCSCc1nc(C=C(C)C2CC3OC3(C)CCCC(C)C(O)C(C)C(=O)C(C)(C)C(O)CC(=O)O2)cs1. The van der Waals surface area contributed by atoms with Gasteiger partial charge in [-0.1, -0.05) is 41.0 Å². The molecule has 2 aliphatic rings. The Morgan fingerprint density at radius 3 is 2.66 bits per heavy atom. The summed E-state index contributed by atoms with van der Waals surface area (Å²) < 4.78 is 12.0. The second kappa shape index (κ2) is 12.9. The van der Waals surface area contributed by atoms with E-state index in [2.05, 4.69) is 13.8 Å². The molecule has 0 aliphatic carbocycles. The minimum absolute atomic E-state index is 0.0504. The Labute approximate surface area is 235 Å². The van der Waals surface area contributed by atoms with Gasteiger partial charge in [-0.15, -0.1) is 11.3 Å². The first-order valence-corrected chi connectivity index (χ1v) is 15.8. The van der Waals surface area contributed by atoms with Gasteiger partial charge in [0, 0.05) is 23.5 Å². The van der Waals surface area contributed by atoms with E-state index >= 15 is 0 Å². The van der Waals surface area contributed by atoms with Crippen molar-refractivity contribution in [3.05, 3.63) is 21.7 Å². The van der Waals surface area contributed by atoms with Gasteiger partial charge in [-0.2, -0.15) is 11.8 Å². The van der Waals surface area contributed by atoms with Crippen molar-refractivity contribution < 1.29 is 29.3 Å². The van der Waals surface area contributed by atoms with Gasteiger partial charge in [0.1, 0.15) is 16.9 Å². The number of aromatic nitrogens is 1. The second-order valence-corrected chi connectivity index (χ2v) is 14.0. The van der Waals surface area contributed by atoms with Crippen molar-refractivity contribution >= 4 is 40.9 Å². The van der Waals surface area contributed by atoms with Crippen LogP contribution in [0.5, 0.6) is 0 Å². The number of ether oxygens (including phenoxy) is 2. The van der Waals surface area contributed by atoms with Gasteiger partial charge in [-0.3, -0.25) is 9.59 Å². The third kappa shape index (κ3) is 7.68. The largest absolute Gasteiger partial charge is 0.458 e. The van der Waals surface area contributed by atoms with Gasteiger partial charge in [0.25, 0.3) is 0 Å². The maximum absolute atomic E-state index is 13.3. The van der Waals surface area contributed by atoms with E-state index in [0.717, 1.165) is 47.0 Å². The standard InChI is InChI=1S/C29H45NO6S2/c1-8-37-16-24-30-20(15-38-24)12-18(3)21-13-23-29(7,36-23)11-9-10-17(2)26(33)19(4)27(34)28(5,6)22(31)14-25(32)35-21/h12,15,17,19,21-23,26,31,33H,8-11,13-14,16H2,1-7H3. The van der Waals surface area contributed by atoms with Crippen molar-refractivity contribution in [1.29, 1.82) is 0 Å². The first-order chi connectivity index (χ1) is 17.8. The average Bonchev–Trinajstić information content (AvgIpc) is 3.27. The van der Waals surface area contributed by atoms with Gasteiger partial charge in [0.2, 0.25) is 0 Å². The fourth-order valence-corrected chi connectivity index (χ4v) is 6.77. The number of carbonyl (C=O) groups excluding carboxylic acids is 2. The molecule has 0 aromatic carbocycles. The zero-order chi connectivity index (χ0) is 28.3. The topological polar surface area (TPSA) is 109 Å². The number of rotatable bonds is 5. The summed E-state index contributed by atoms with van der Waals surface area (Å²) in [6.45, 7) is 13.1. The number of Topliss-reactive ketones (excluding diaryl/α,β-unsaturated/α-hetero) is 1. The number of epoxide rings is 1. The molecular formula is C29H45NO6S2. The van der Waals surface area contributed by atoms with Crippen LogP contribution in [0.25, 0.3) is 6.08 Å². The van der Waals surface area contributed by atoms with E-state index in [1.807, 2.05) is 37.1 Å². The van der Waals surface area contributed by atoms with Crippen molar-refractivity contribution in [1.82, 2.24) is 4.98 Å². The summed E-state index contributed by atoms with van der Waals surface area (Å²) in [5.41, 5.74) is 0.200. The van der Waals surface area contributed by atoms with Crippen LogP contribution in [-0.2, 0) is 24.8 Å². The van der Waals surface area contributed by atoms with Crippen LogP contribution in [0.2, 0.25) is 0 Å². The summed E-state index contributed by atoms with van der Waals surface area (Å²) in [6, 6.07) is 0. The van der Waals surface area contributed by atoms with Gasteiger partial charge in [0.15, 0.2) is 0 Å². The van der Waals surface area contributed by atoms with Crippen LogP contribution in [-0.4, -0.2) is 62.7 Å². The van der Waals surface area contributed by atoms with E-state index in [1.54, 1.807) is 32.1 Å². The first kappa shape index (κ1) is 31.3. The number of nitrogens with zero attached hydrogens (tertiary/aromatic N) is 1. The highest BCUT2D eigenvalue weighted by Gasteiger charge is 2.53. The number of aliphatic hydroxyl groups excluding tert-OH is 2. The minimum Gasteiger partial charge on any atom is -0.458 e. The Morgan fingerprint density at radius 2 is 1.97 bits per heavy atom. The van der Waals surface area contributed by atoms with Crippen molar-refractivity contribution in [3.63, 3.8) is 0 Å². The highest BCUT2D eigenvalue weighted by atomic mass is 32.2. The zero-order valence-corrected chi connectivity index (χ0v) is 25.5. The van der Waals surface area contributed by atoms with Crippen molar-refractivity contribution in [3.8, 4) is 0 Å². The molecule has 0 spiro atoms. The molecule has 7 unspecified atom stereocenters. The van der Waals surface area contributed by atoms with Crippen molar-refractivity contribution in [2.24, 2.45) is 17.3 Å². The average molecular weight is 568 g/mol. The fraction of sp³-hybridized carbons (Fsp3) is 0.759. The van der Waals surface area contributed by atoms with Crippen LogP contribution in [0.15, 0.2) is 11.0 Å². The van der Waals surface area contributed by atoms with E-state index < -0.39 is 35.6 Å². The predicted molar refractivity (Wildman–Crippen MR) is 153 cm³/mol. The number of hydrogen-bond donors (Lipinski definition) is 2. The molecule has 0 saturated carbocycles. The summed E-state index contributed by atoms with van der Waals surface area (Å²) in [7, 11) is 0. The number of fused-ring (bicyclic) bond motifs is 1. The summed E-state index contributed by atoms with van der Waals surface area (Å²) >= 11 is 3.45. The van der Waals surface area contributed by atoms with Gasteiger partial charge in [0.05, 0.1) is 41.4 Å². The molecule has 0 bridgehead atoms. The van der Waals surface area contributed by atoms with Crippen molar-refractivity contribution in [2.75, 3.05) is 5.75 Å². The number of esters is 1. The minimum atomic E-state index is -1.23. The Bertz CT molecular complexity index is 1010. The van der Waals surface area contributed by atoms with Gasteiger partial charge in [-0.25, -0.2) is 4.98 Å². The molecule has 38 heavy (non-hydrogen) atoms. The lowest BCUT2D eigenvalue weighted by Gasteiger charge is -2.34. The molecule has 1 aromatic heterocycles. The molecule has 9 heteroatoms. The fourth-order valence-electron chi connectivity index (χ4n) is 5.27. The predicted octanol–water partition coefficient (Wildman–Crippen LogP) is 5.42. The molecule has 2 N–H and O–H groups in total. The third-order valence-corrected chi connectivity index (χ3v) is 10.2. The maximum Gasteiger partial charge on any atom is 0.309 e. The normalized spacial score (nSPS) is 35.4. The van der Waals surface area contributed by atoms with Gasteiger partial charge in [-0.05, 0) is 50.0 Å². The number of thiazole rings is 1. The number of ketones is 1. The van der Waals surface area contributed by atoms with Crippen LogP contribution in [0, 0.1) is 17.3 Å². The second-order valence-electron chi connectivity index (χ2n) is 11.8. The van der Waals surface area contributed by atoms with Crippen LogP contribution >= 0.6 is 23.1 Å². The highest BCUT2D eigenvalue weighted by Crippen LogP contribution is 2.45. The smallest absolute Gasteiger partial charge is 0.309 e. The Balaban J connectivity index is 1.83. The first-order valence-electron chi connectivity index (χ1n) is 13.8. The third-order valence-electron chi connectivity index (χ3n) is 8.29. The molecule has 2 fully saturated rings. The molecule has 214 valence electrons. The Morgan fingerprint density at radius 1 is 1.26 bits per heavy atom. The molecule has 2 saturated heterocycles. The molecule has 0 amide bonds. The van der Waals surface area contributed by atoms with E-state index in [4.69, 9.17) is 14.5 Å². The number of carbonyl (C=O) groups is 2. The molecule has 7 atom stereocenters. The number of cyclic esters (lactones) is 1. The van der Waals surface area contributed by atoms with Gasteiger partial charge < -0.3 is 19.7 Å². The van der Waals surface area contributed by atoms with Crippen LogP contribution in [0.1, 0.15) is 91.3 Å². The molecular weight excluding hydrogens is 522 g/mol. The summed E-state index contributed by atoms with van der Waals surface area (Å²) in [4.78, 5) is 31.0. The van der Waals surface area contributed by atoms with Crippen molar-refractivity contribution in [2.45, 2.75) is 116 Å². The summed E-state index contributed by atoms with van der Waals surface area (Å²) in [5.74, 6) is 0.365. The quantitative estimate of drug-likeness (QED) is 0.359. The maximum atomic E-state index is 13.3. The molecule has 3 heterocycles. The van der Waals surface area contributed by atoms with Gasteiger partial charge >= 0.3 is 5.97 Å². The number of thioether (sulfide) groups is 1. The van der Waals surface area contributed by atoms with E-state index in [1.165, 1.54) is 0 Å². The highest BCUT2D eigenvalue weighted by molar-refractivity contribution is 7.98. The van der Waals surface area contributed by atoms with E-state index in [9.17, 15) is 19.8 Å². The monoisotopic (exact) mass is 567 g/mol. The lowest BCUT2D eigenvalue weighted by molar-refractivity contribution is -0.154. The molecule has 7 nitrogen and oxygen atoms in total. The molecule has 2 aliphatic heterocycles. The molecule has 3 rings (SSSR count). The van der Waals surface area contributed by atoms with Crippen LogP contribution < -0.4 is 0 Å². The van der Waals surface area contributed by atoms with Crippen LogP contribution in [0.3, 0.4) is 0 Å². The van der Waals surface area contributed by atoms with E-state index in [-0.39, 0.29) is 29.8 Å². The zero-order valence-electron chi connectivity index (χ0n) is 23.9. The lowest BCUT2D eigenvalue weighted by Crippen LogP contribution is -2.45. The lowest BCUT2D eigenvalue weighted by atomic mass is 9.73. The van der Waals surface area contributed by atoms with E-state index in [0.29, 0.717) is 6.42 Å². The molecule has 0 radical (unpaired) electrons. The summed E-state index contributed by atoms with van der Waals surface area (Å²) in [5, 5.41) is 24.9. The number of hydrogen-bond acceptors (Lipinski definition) is 9. The summed E-state index contributed by atoms with van der Waals surface area (Å²) in [6.07, 6.45) is 2.00.